The molecule has 3 aromatic rings. The van der Waals surface area contributed by atoms with Gasteiger partial charge in [0.15, 0.2) is 5.82 Å². The average molecular weight is 516 g/mol. The maximum atomic E-state index is 15.4. The third-order valence-electron chi connectivity index (χ3n) is 5.79. The second-order valence-electron chi connectivity index (χ2n) is 8.29. The fourth-order valence-electron chi connectivity index (χ4n) is 4.02. The summed E-state index contributed by atoms with van der Waals surface area (Å²) in [6.45, 7) is 4.06. The number of hydrogen-bond donors (Lipinski definition) is 2. The fourth-order valence-corrected chi connectivity index (χ4v) is 4.02. The van der Waals surface area contributed by atoms with Crippen LogP contribution in [-0.4, -0.2) is 18.3 Å². The van der Waals surface area contributed by atoms with E-state index in [1.54, 1.807) is 31.2 Å². The van der Waals surface area contributed by atoms with Crippen LogP contribution >= 0.6 is 0 Å². The van der Waals surface area contributed by atoms with E-state index < -0.39 is 40.9 Å². The first-order valence-corrected chi connectivity index (χ1v) is 10.4. The van der Waals surface area contributed by atoms with Gasteiger partial charge >= 0.3 is 18.0 Å². The molecule has 3 nitrogen and oxygen atoms in total. The number of anilines is 2. The van der Waals surface area contributed by atoms with E-state index >= 15 is 4.39 Å². The van der Waals surface area contributed by atoms with Crippen molar-refractivity contribution in [1.82, 2.24) is 0 Å². The molecule has 3 rings (SSSR count). The van der Waals surface area contributed by atoms with Crippen molar-refractivity contribution in [2.45, 2.75) is 38.8 Å². The first-order chi connectivity index (χ1) is 16.5. The van der Waals surface area contributed by atoms with Crippen LogP contribution in [0, 0.1) is 26.6 Å². The topological polar surface area (TPSA) is 55.1 Å². The molecule has 0 heterocycles. The molecule has 0 saturated carbocycles. The van der Waals surface area contributed by atoms with Crippen molar-refractivity contribution in [1.29, 1.82) is 0 Å². The third kappa shape index (κ3) is 4.49. The first kappa shape index (κ1) is 27.0. The van der Waals surface area contributed by atoms with E-state index in [2.05, 4.69) is 5.32 Å². The lowest BCUT2D eigenvalue weighted by Gasteiger charge is -2.31. The van der Waals surface area contributed by atoms with Crippen LogP contribution < -0.4 is 11.1 Å². The van der Waals surface area contributed by atoms with Gasteiger partial charge in [-0.1, -0.05) is 36.4 Å². The number of rotatable bonds is 5. The summed E-state index contributed by atoms with van der Waals surface area (Å²) in [5.41, 5.74) is -1.98. The first-order valence-electron chi connectivity index (χ1n) is 10.4. The van der Waals surface area contributed by atoms with E-state index in [0.29, 0.717) is 23.4 Å². The summed E-state index contributed by atoms with van der Waals surface area (Å²) in [6.07, 6.45) is -12.6. The van der Waals surface area contributed by atoms with Gasteiger partial charge in [-0.05, 0) is 55.2 Å². The predicted octanol–water partition coefficient (Wildman–Crippen LogP) is 7.55. The molecule has 192 valence electrons. The van der Waals surface area contributed by atoms with Crippen LogP contribution in [0.1, 0.15) is 32.6 Å². The van der Waals surface area contributed by atoms with Crippen LogP contribution in [0.5, 0.6) is 0 Å². The van der Waals surface area contributed by atoms with E-state index in [1.807, 2.05) is 0 Å². The lowest BCUT2D eigenvalue weighted by molar-refractivity contribution is -0.348. The molecule has 0 aliphatic heterocycles. The summed E-state index contributed by atoms with van der Waals surface area (Å²) in [4.78, 5) is 11.7. The number of alkyl halides is 7. The van der Waals surface area contributed by atoms with Crippen molar-refractivity contribution >= 4 is 17.3 Å². The second kappa shape index (κ2) is 9.11. The number of halogens is 8. The molecule has 0 saturated heterocycles. The SMILES string of the molecule is Cc1ccccc1Nc1c(-c2c(C)cc(C(F)(C(F)(F)F)C(F)(F)F)cc2C)ccc(C(N)=O)c1F. The van der Waals surface area contributed by atoms with Gasteiger partial charge in [0.25, 0.3) is 5.91 Å². The Morgan fingerprint density at radius 1 is 0.806 bits per heavy atom. The third-order valence-corrected chi connectivity index (χ3v) is 5.79. The number of carbonyl (C=O) groups is 1. The van der Waals surface area contributed by atoms with Crippen LogP contribution in [0.25, 0.3) is 11.1 Å². The van der Waals surface area contributed by atoms with Crippen molar-refractivity contribution in [3.63, 3.8) is 0 Å². The second-order valence-corrected chi connectivity index (χ2v) is 8.29. The molecule has 0 aromatic heterocycles. The van der Waals surface area contributed by atoms with Crippen molar-refractivity contribution in [3.8, 4) is 11.1 Å². The largest absolute Gasteiger partial charge is 0.435 e. The molecular formula is C25H20F8N2O. The molecule has 3 N–H and O–H groups in total. The van der Waals surface area contributed by atoms with E-state index in [1.165, 1.54) is 19.9 Å². The molecule has 0 aliphatic rings. The van der Waals surface area contributed by atoms with Crippen molar-refractivity contribution in [2.75, 3.05) is 5.32 Å². The Morgan fingerprint density at radius 3 is 1.81 bits per heavy atom. The van der Waals surface area contributed by atoms with Gasteiger partial charge < -0.3 is 11.1 Å². The van der Waals surface area contributed by atoms with Crippen molar-refractivity contribution in [3.05, 3.63) is 82.2 Å². The fraction of sp³-hybridized carbons (Fsp3) is 0.240. The number of primary amides is 1. The molecule has 0 spiro atoms. The van der Waals surface area contributed by atoms with Gasteiger partial charge in [0.1, 0.15) is 0 Å². The summed E-state index contributed by atoms with van der Waals surface area (Å²) >= 11 is 0. The van der Waals surface area contributed by atoms with Gasteiger partial charge in [0.2, 0.25) is 0 Å². The standard InChI is InChI=1S/C25H20F8N2O/c1-12-6-4-5-7-18(12)35-21-16(8-9-17(20(21)26)22(34)36)19-13(2)10-15(11-14(19)3)23(27,24(28,29)30)25(31,32)33/h4-11,35H,1-3H3,(H2,34,36). The number of benzene rings is 3. The van der Waals surface area contributed by atoms with Gasteiger partial charge in [-0.2, -0.15) is 26.3 Å². The molecule has 3 aromatic carbocycles. The zero-order valence-corrected chi connectivity index (χ0v) is 19.1. The summed E-state index contributed by atoms with van der Waals surface area (Å²) in [5, 5.41) is 2.83. The number of hydrogen-bond acceptors (Lipinski definition) is 2. The molecule has 36 heavy (non-hydrogen) atoms. The number of nitrogens with one attached hydrogen (secondary N) is 1. The smallest absolute Gasteiger partial charge is 0.366 e. The molecule has 0 radical (unpaired) electrons. The zero-order valence-electron chi connectivity index (χ0n) is 19.1. The minimum Gasteiger partial charge on any atom is -0.366 e. The van der Waals surface area contributed by atoms with Gasteiger partial charge in [-0.15, -0.1) is 0 Å². The van der Waals surface area contributed by atoms with Gasteiger partial charge in [0.05, 0.1) is 11.3 Å². The normalized spacial score (nSPS) is 12.5. The lowest BCUT2D eigenvalue weighted by atomic mass is 9.86. The maximum Gasteiger partial charge on any atom is 0.435 e. The molecule has 1 amide bonds. The van der Waals surface area contributed by atoms with Gasteiger partial charge in [0, 0.05) is 16.8 Å². The van der Waals surface area contributed by atoms with E-state index in [-0.39, 0.29) is 27.9 Å². The summed E-state index contributed by atoms with van der Waals surface area (Å²) < 4.78 is 110. The monoisotopic (exact) mass is 516 g/mol. The Morgan fingerprint density at radius 2 is 1.33 bits per heavy atom. The number of nitrogens with two attached hydrogens (primary N) is 1. The summed E-state index contributed by atoms with van der Waals surface area (Å²) in [6, 6.07) is 9.84. The van der Waals surface area contributed by atoms with E-state index in [9.17, 15) is 35.5 Å². The van der Waals surface area contributed by atoms with Crippen LogP contribution in [0.15, 0.2) is 48.5 Å². The average Bonchev–Trinajstić information content (AvgIpc) is 2.74. The lowest BCUT2D eigenvalue weighted by Crippen LogP contribution is -2.50. The van der Waals surface area contributed by atoms with Crippen LogP contribution in [0.3, 0.4) is 0 Å². The predicted molar refractivity (Wildman–Crippen MR) is 119 cm³/mol. The summed E-state index contributed by atoms with van der Waals surface area (Å²) in [7, 11) is 0. The van der Waals surface area contributed by atoms with Crippen molar-refractivity contribution in [2.24, 2.45) is 5.73 Å². The highest BCUT2D eigenvalue weighted by atomic mass is 19.4. The Bertz CT molecular complexity index is 1290. The van der Waals surface area contributed by atoms with E-state index in [0.717, 1.165) is 6.07 Å². The Kier molecular flexibility index (Phi) is 6.82. The Balaban J connectivity index is 2.30. The molecule has 0 bridgehead atoms. The molecule has 0 fully saturated rings. The molecule has 11 heteroatoms. The van der Waals surface area contributed by atoms with Crippen LogP contribution in [-0.2, 0) is 5.67 Å². The maximum absolute atomic E-state index is 15.4. The molecule has 0 aliphatic carbocycles. The highest BCUT2D eigenvalue weighted by Crippen LogP contribution is 2.54. The number of para-hydroxylation sites is 1. The minimum atomic E-state index is -6.28. The van der Waals surface area contributed by atoms with Gasteiger partial charge in [-0.25, -0.2) is 8.78 Å². The highest BCUT2D eigenvalue weighted by molar-refractivity contribution is 5.97. The Labute approximate surface area is 200 Å². The van der Waals surface area contributed by atoms with Crippen LogP contribution in [0.2, 0.25) is 0 Å². The zero-order chi connectivity index (χ0) is 27.2. The number of aryl methyl sites for hydroxylation is 3. The van der Waals surface area contributed by atoms with Crippen LogP contribution in [0.4, 0.5) is 46.5 Å². The minimum absolute atomic E-state index is 0.0192. The summed E-state index contributed by atoms with van der Waals surface area (Å²) in [5.74, 6) is -2.16. The van der Waals surface area contributed by atoms with E-state index in [4.69, 9.17) is 5.73 Å². The van der Waals surface area contributed by atoms with Gasteiger partial charge in [-0.3, -0.25) is 4.79 Å². The molecule has 0 atom stereocenters. The quantitative estimate of drug-likeness (QED) is 0.344. The van der Waals surface area contributed by atoms with Crippen molar-refractivity contribution < 1.29 is 39.9 Å². The Hall–Kier alpha value is -3.63. The molecule has 0 unspecified atom stereocenters. The number of carbonyl (C=O) groups excluding carboxylic acids is 1. The molecular weight excluding hydrogens is 496 g/mol. The number of amides is 1. The highest BCUT2D eigenvalue weighted by Gasteiger charge is 2.73.